The summed E-state index contributed by atoms with van der Waals surface area (Å²) in [6.45, 7) is 1.99. The Morgan fingerprint density at radius 3 is 2.44 bits per heavy atom. The molecule has 0 fully saturated rings. The van der Waals surface area contributed by atoms with E-state index in [2.05, 4.69) is 0 Å². The molecular formula is C15H14O3. The van der Waals surface area contributed by atoms with E-state index in [9.17, 15) is 4.79 Å². The first-order valence-electron chi connectivity index (χ1n) is 5.61. The van der Waals surface area contributed by atoms with E-state index in [-0.39, 0.29) is 5.56 Å². The summed E-state index contributed by atoms with van der Waals surface area (Å²) >= 11 is 0. The number of rotatable bonds is 3. The van der Waals surface area contributed by atoms with Gasteiger partial charge in [-0.05, 0) is 36.2 Å². The second-order valence-electron chi connectivity index (χ2n) is 4.04. The molecule has 18 heavy (non-hydrogen) atoms. The maximum absolute atomic E-state index is 11.0. The van der Waals surface area contributed by atoms with Crippen LogP contribution in [0.15, 0.2) is 42.5 Å². The molecule has 1 N–H and O–H groups in total. The number of hydrogen-bond acceptors (Lipinski definition) is 2. The quantitative estimate of drug-likeness (QED) is 0.897. The number of aryl methyl sites for hydroxylation is 1. The molecule has 0 spiro atoms. The van der Waals surface area contributed by atoms with Crippen LogP contribution in [0.4, 0.5) is 0 Å². The predicted octanol–water partition coefficient (Wildman–Crippen LogP) is 3.37. The zero-order valence-corrected chi connectivity index (χ0v) is 10.3. The maximum Gasteiger partial charge on any atom is 0.335 e. The minimum absolute atomic E-state index is 0.258. The van der Waals surface area contributed by atoms with Crippen LogP contribution in [0.1, 0.15) is 15.9 Å². The van der Waals surface area contributed by atoms with Crippen molar-refractivity contribution in [1.82, 2.24) is 0 Å². The van der Waals surface area contributed by atoms with E-state index in [0.717, 1.165) is 16.7 Å². The Hall–Kier alpha value is -2.29. The number of hydrogen-bond donors (Lipinski definition) is 1. The summed E-state index contributed by atoms with van der Waals surface area (Å²) in [6, 6.07) is 12.7. The van der Waals surface area contributed by atoms with Crippen LogP contribution in [0.5, 0.6) is 5.75 Å². The van der Waals surface area contributed by atoms with Crippen molar-refractivity contribution in [2.24, 2.45) is 0 Å². The molecule has 0 heterocycles. The Labute approximate surface area is 106 Å². The molecule has 0 bridgehead atoms. The van der Waals surface area contributed by atoms with Crippen LogP contribution < -0.4 is 4.74 Å². The third-order valence-corrected chi connectivity index (χ3v) is 2.88. The summed E-state index contributed by atoms with van der Waals surface area (Å²) in [5.74, 6) is -0.262. The standard InChI is InChI=1S/C15H14O3/c1-10-5-3-4-6-12(10)13-9-11(15(16)17)7-8-14(13)18-2/h3-9H,1-2H3,(H,16,17). The molecule has 0 aliphatic rings. The topological polar surface area (TPSA) is 46.5 Å². The second kappa shape index (κ2) is 4.92. The van der Waals surface area contributed by atoms with E-state index < -0.39 is 5.97 Å². The molecule has 0 aromatic heterocycles. The lowest BCUT2D eigenvalue weighted by Gasteiger charge is -2.11. The largest absolute Gasteiger partial charge is 0.496 e. The van der Waals surface area contributed by atoms with E-state index >= 15 is 0 Å². The van der Waals surface area contributed by atoms with Gasteiger partial charge in [-0.3, -0.25) is 0 Å². The van der Waals surface area contributed by atoms with E-state index in [1.807, 2.05) is 31.2 Å². The Bertz CT molecular complexity index is 588. The SMILES string of the molecule is COc1ccc(C(=O)O)cc1-c1ccccc1C. The number of carboxylic acid groups (broad SMARTS) is 1. The molecule has 0 atom stereocenters. The van der Waals surface area contributed by atoms with Crippen LogP contribution in [-0.4, -0.2) is 18.2 Å². The first kappa shape index (κ1) is 12.2. The van der Waals surface area contributed by atoms with E-state index in [0.29, 0.717) is 5.75 Å². The smallest absolute Gasteiger partial charge is 0.335 e. The summed E-state index contributed by atoms with van der Waals surface area (Å²) in [5.41, 5.74) is 3.13. The van der Waals surface area contributed by atoms with Gasteiger partial charge in [-0.2, -0.15) is 0 Å². The van der Waals surface area contributed by atoms with Crippen molar-refractivity contribution in [2.75, 3.05) is 7.11 Å². The minimum Gasteiger partial charge on any atom is -0.496 e. The van der Waals surface area contributed by atoms with Gasteiger partial charge in [0, 0.05) is 5.56 Å². The lowest BCUT2D eigenvalue weighted by molar-refractivity contribution is 0.0697. The number of benzene rings is 2. The van der Waals surface area contributed by atoms with Crippen LogP contribution in [0.2, 0.25) is 0 Å². The maximum atomic E-state index is 11.0. The average molecular weight is 242 g/mol. The number of carboxylic acids is 1. The molecule has 0 aliphatic heterocycles. The number of methoxy groups -OCH3 is 1. The molecule has 0 aliphatic carbocycles. The fourth-order valence-electron chi connectivity index (χ4n) is 1.93. The molecule has 92 valence electrons. The van der Waals surface area contributed by atoms with Gasteiger partial charge in [0.1, 0.15) is 5.75 Å². The number of carbonyl (C=O) groups is 1. The van der Waals surface area contributed by atoms with Gasteiger partial charge in [0.25, 0.3) is 0 Å². The van der Waals surface area contributed by atoms with Gasteiger partial charge in [0.15, 0.2) is 0 Å². The van der Waals surface area contributed by atoms with Gasteiger partial charge in [-0.25, -0.2) is 4.79 Å². The zero-order valence-electron chi connectivity index (χ0n) is 10.3. The van der Waals surface area contributed by atoms with Crippen molar-refractivity contribution in [3.63, 3.8) is 0 Å². The lowest BCUT2D eigenvalue weighted by Crippen LogP contribution is -1.98. The van der Waals surface area contributed by atoms with Crippen LogP contribution in [-0.2, 0) is 0 Å². The van der Waals surface area contributed by atoms with Crippen LogP contribution in [0.25, 0.3) is 11.1 Å². The highest BCUT2D eigenvalue weighted by atomic mass is 16.5. The zero-order chi connectivity index (χ0) is 13.1. The molecule has 0 radical (unpaired) electrons. The van der Waals surface area contributed by atoms with Crippen molar-refractivity contribution in [2.45, 2.75) is 6.92 Å². The Morgan fingerprint density at radius 2 is 1.83 bits per heavy atom. The summed E-state index contributed by atoms with van der Waals surface area (Å²) < 4.78 is 5.30. The molecule has 3 heteroatoms. The Morgan fingerprint density at radius 1 is 1.11 bits per heavy atom. The summed E-state index contributed by atoms with van der Waals surface area (Å²) in [4.78, 5) is 11.0. The molecule has 0 unspecified atom stereocenters. The highest BCUT2D eigenvalue weighted by molar-refractivity contribution is 5.90. The number of ether oxygens (including phenoxy) is 1. The molecule has 0 saturated heterocycles. The van der Waals surface area contributed by atoms with E-state index in [1.54, 1.807) is 25.3 Å². The van der Waals surface area contributed by atoms with Gasteiger partial charge in [0.05, 0.1) is 12.7 Å². The predicted molar refractivity (Wildman–Crippen MR) is 70.1 cm³/mol. The van der Waals surface area contributed by atoms with Crippen molar-refractivity contribution in [3.8, 4) is 16.9 Å². The third-order valence-electron chi connectivity index (χ3n) is 2.88. The highest BCUT2D eigenvalue weighted by Gasteiger charge is 2.11. The van der Waals surface area contributed by atoms with Crippen LogP contribution in [0.3, 0.4) is 0 Å². The highest BCUT2D eigenvalue weighted by Crippen LogP contribution is 2.32. The van der Waals surface area contributed by atoms with Gasteiger partial charge in [-0.1, -0.05) is 24.3 Å². The average Bonchev–Trinajstić information content (AvgIpc) is 2.38. The minimum atomic E-state index is -0.938. The Kier molecular flexibility index (Phi) is 3.33. The monoisotopic (exact) mass is 242 g/mol. The molecule has 0 saturated carbocycles. The first-order valence-corrected chi connectivity index (χ1v) is 5.61. The van der Waals surface area contributed by atoms with Gasteiger partial charge in [-0.15, -0.1) is 0 Å². The third kappa shape index (κ3) is 2.20. The van der Waals surface area contributed by atoms with Gasteiger partial charge in [0.2, 0.25) is 0 Å². The number of aromatic carboxylic acids is 1. The summed E-state index contributed by atoms with van der Waals surface area (Å²) in [7, 11) is 1.58. The van der Waals surface area contributed by atoms with Gasteiger partial charge < -0.3 is 9.84 Å². The second-order valence-corrected chi connectivity index (χ2v) is 4.04. The molecule has 0 amide bonds. The van der Waals surface area contributed by atoms with Crippen molar-refractivity contribution in [1.29, 1.82) is 0 Å². The van der Waals surface area contributed by atoms with E-state index in [1.165, 1.54) is 0 Å². The van der Waals surface area contributed by atoms with Gasteiger partial charge >= 0.3 is 5.97 Å². The molecule has 2 aromatic carbocycles. The van der Waals surface area contributed by atoms with Crippen molar-refractivity contribution < 1.29 is 14.6 Å². The van der Waals surface area contributed by atoms with Crippen LogP contribution in [0, 0.1) is 6.92 Å². The fourth-order valence-corrected chi connectivity index (χ4v) is 1.93. The Balaban J connectivity index is 2.64. The molecule has 2 rings (SSSR count). The lowest BCUT2D eigenvalue weighted by atomic mass is 9.98. The summed E-state index contributed by atoms with van der Waals surface area (Å²) in [5, 5.41) is 9.05. The molecule has 3 nitrogen and oxygen atoms in total. The normalized spacial score (nSPS) is 10.1. The summed E-state index contributed by atoms with van der Waals surface area (Å²) in [6.07, 6.45) is 0. The van der Waals surface area contributed by atoms with Crippen molar-refractivity contribution in [3.05, 3.63) is 53.6 Å². The van der Waals surface area contributed by atoms with Crippen LogP contribution >= 0.6 is 0 Å². The molecule has 2 aromatic rings. The molecular weight excluding hydrogens is 228 g/mol. The van der Waals surface area contributed by atoms with Crippen molar-refractivity contribution >= 4 is 5.97 Å². The van der Waals surface area contributed by atoms with E-state index in [4.69, 9.17) is 9.84 Å². The first-order chi connectivity index (χ1) is 8.63. The fraction of sp³-hybridized carbons (Fsp3) is 0.133.